The summed E-state index contributed by atoms with van der Waals surface area (Å²) in [6, 6.07) is 4.90. The van der Waals surface area contributed by atoms with Gasteiger partial charge in [0.1, 0.15) is 5.15 Å². The minimum Gasteiger partial charge on any atom is -0.397 e. The van der Waals surface area contributed by atoms with Gasteiger partial charge in [0.25, 0.3) is 0 Å². The molecule has 0 aromatic carbocycles. The molecule has 1 amide bonds. The molecular weight excluding hydrogens is 254 g/mol. The van der Waals surface area contributed by atoms with Gasteiger partial charge < -0.3 is 5.73 Å². The summed E-state index contributed by atoms with van der Waals surface area (Å²) in [5, 5.41) is 2.80. The number of rotatable bonds is 3. The first-order chi connectivity index (χ1) is 8.63. The van der Waals surface area contributed by atoms with Gasteiger partial charge in [0.05, 0.1) is 18.3 Å². The lowest BCUT2D eigenvalue weighted by atomic mass is 10.2. The zero-order valence-electron chi connectivity index (χ0n) is 9.30. The zero-order valence-corrected chi connectivity index (χ0v) is 10.1. The van der Waals surface area contributed by atoms with E-state index in [1.165, 1.54) is 18.5 Å². The Morgan fingerprint density at radius 2 is 2.17 bits per heavy atom. The average molecular weight is 264 g/mol. The molecular formula is C11H10ClN5O. The van der Waals surface area contributed by atoms with Crippen LogP contribution in [0.2, 0.25) is 5.15 Å². The fourth-order valence-corrected chi connectivity index (χ4v) is 1.41. The summed E-state index contributed by atoms with van der Waals surface area (Å²) in [4.78, 5) is 23.4. The summed E-state index contributed by atoms with van der Waals surface area (Å²) in [6.45, 7) is 0. The standard InChI is InChI=1S/C11H10ClN5O/c12-9-3-4-14-11(16-9)17-10(18)5-8-2-1-7(13)6-15-8/h1-4,6H,5,13H2,(H,14,16,17,18). The summed E-state index contributed by atoms with van der Waals surface area (Å²) in [5.41, 5.74) is 6.67. The van der Waals surface area contributed by atoms with Gasteiger partial charge in [-0.15, -0.1) is 0 Å². The second-order valence-electron chi connectivity index (χ2n) is 3.51. The first-order valence-corrected chi connectivity index (χ1v) is 5.50. The average Bonchev–Trinajstić information content (AvgIpc) is 2.32. The molecule has 0 bridgehead atoms. The molecule has 2 heterocycles. The van der Waals surface area contributed by atoms with E-state index in [0.29, 0.717) is 11.4 Å². The van der Waals surface area contributed by atoms with E-state index in [1.54, 1.807) is 12.1 Å². The second kappa shape index (κ2) is 5.42. The molecule has 0 spiro atoms. The van der Waals surface area contributed by atoms with Crippen molar-refractivity contribution in [3.05, 3.63) is 41.4 Å². The van der Waals surface area contributed by atoms with Crippen LogP contribution in [0, 0.1) is 0 Å². The Hall–Kier alpha value is -2.21. The van der Waals surface area contributed by atoms with Gasteiger partial charge in [-0.25, -0.2) is 9.97 Å². The molecule has 3 N–H and O–H groups in total. The highest BCUT2D eigenvalue weighted by molar-refractivity contribution is 6.29. The van der Waals surface area contributed by atoms with Crippen molar-refractivity contribution in [2.75, 3.05) is 11.1 Å². The number of nitrogens with two attached hydrogens (primary N) is 1. The fourth-order valence-electron chi connectivity index (χ4n) is 1.27. The van der Waals surface area contributed by atoms with Crippen LogP contribution in [0.4, 0.5) is 11.6 Å². The molecule has 0 saturated heterocycles. The largest absolute Gasteiger partial charge is 0.397 e. The molecule has 0 radical (unpaired) electrons. The number of nitrogens with one attached hydrogen (secondary N) is 1. The monoisotopic (exact) mass is 263 g/mol. The van der Waals surface area contributed by atoms with Crippen LogP contribution in [0.3, 0.4) is 0 Å². The van der Waals surface area contributed by atoms with E-state index in [-0.39, 0.29) is 23.4 Å². The van der Waals surface area contributed by atoms with Crippen LogP contribution in [-0.4, -0.2) is 20.9 Å². The SMILES string of the molecule is Nc1ccc(CC(=O)Nc2nccc(Cl)n2)nc1. The number of hydrogen-bond acceptors (Lipinski definition) is 5. The predicted octanol–water partition coefficient (Wildman–Crippen LogP) is 1.29. The normalized spacial score (nSPS) is 10.1. The number of aromatic nitrogens is 3. The Bertz CT molecular complexity index is 558. The third kappa shape index (κ3) is 3.39. The van der Waals surface area contributed by atoms with Crippen molar-refractivity contribution in [3.63, 3.8) is 0 Å². The van der Waals surface area contributed by atoms with E-state index >= 15 is 0 Å². The van der Waals surface area contributed by atoms with Crippen LogP contribution >= 0.6 is 11.6 Å². The van der Waals surface area contributed by atoms with Gasteiger partial charge in [-0.3, -0.25) is 15.1 Å². The maximum atomic E-state index is 11.7. The smallest absolute Gasteiger partial charge is 0.232 e. The number of nitrogens with zero attached hydrogens (tertiary/aromatic N) is 3. The molecule has 0 saturated carbocycles. The fraction of sp³-hybridized carbons (Fsp3) is 0.0909. The topological polar surface area (TPSA) is 93.8 Å². The summed E-state index contributed by atoms with van der Waals surface area (Å²) in [7, 11) is 0. The van der Waals surface area contributed by atoms with Crippen molar-refractivity contribution >= 4 is 29.1 Å². The molecule has 0 fully saturated rings. The van der Waals surface area contributed by atoms with Crippen molar-refractivity contribution in [1.82, 2.24) is 15.0 Å². The lowest BCUT2D eigenvalue weighted by Crippen LogP contribution is -2.17. The summed E-state index contributed by atoms with van der Waals surface area (Å²) < 4.78 is 0. The first-order valence-electron chi connectivity index (χ1n) is 5.12. The number of nitrogen functional groups attached to an aromatic ring is 1. The molecule has 2 rings (SSSR count). The van der Waals surface area contributed by atoms with Gasteiger partial charge in [0.15, 0.2) is 0 Å². The number of pyridine rings is 1. The summed E-state index contributed by atoms with van der Waals surface area (Å²) in [5.74, 6) is -0.0996. The van der Waals surface area contributed by atoms with Crippen LogP contribution in [-0.2, 0) is 11.2 Å². The van der Waals surface area contributed by atoms with Gasteiger partial charge in [0.2, 0.25) is 11.9 Å². The summed E-state index contributed by atoms with van der Waals surface area (Å²) in [6.07, 6.45) is 3.08. The minimum atomic E-state index is -0.269. The van der Waals surface area contributed by atoms with E-state index in [0.717, 1.165) is 0 Å². The molecule has 0 unspecified atom stereocenters. The minimum absolute atomic E-state index is 0.121. The molecule has 6 nitrogen and oxygen atoms in total. The molecule has 92 valence electrons. The molecule has 0 atom stereocenters. The second-order valence-corrected chi connectivity index (χ2v) is 3.90. The molecule has 0 aliphatic rings. The van der Waals surface area contributed by atoms with Gasteiger partial charge in [-0.1, -0.05) is 11.6 Å². The third-order valence-corrected chi connectivity index (χ3v) is 2.27. The highest BCUT2D eigenvalue weighted by atomic mass is 35.5. The van der Waals surface area contributed by atoms with Crippen molar-refractivity contribution in [2.45, 2.75) is 6.42 Å². The number of amides is 1. The lowest BCUT2D eigenvalue weighted by Gasteiger charge is -2.03. The Kier molecular flexibility index (Phi) is 3.69. The Labute approximate surface area is 108 Å². The van der Waals surface area contributed by atoms with Crippen molar-refractivity contribution in [1.29, 1.82) is 0 Å². The van der Waals surface area contributed by atoms with Crippen LogP contribution < -0.4 is 11.1 Å². The third-order valence-electron chi connectivity index (χ3n) is 2.06. The molecule has 2 aromatic rings. The van der Waals surface area contributed by atoms with Crippen LogP contribution in [0.25, 0.3) is 0 Å². The number of hydrogen-bond donors (Lipinski definition) is 2. The van der Waals surface area contributed by atoms with E-state index in [4.69, 9.17) is 17.3 Å². The maximum absolute atomic E-state index is 11.7. The van der Waals surface area contributed by atoms with E-state index in [1.807, 2.05) is 0 Å². The van der Waals surface area contributed by atoms with E-state index < -0.39 is 0 Å². The molecule has 7 heteroatoms. The highest BCUT2D eigenvalue weighted by Gasteiger charge is 2.07. The number of carbonyl (C=O) groups is 1. The van der Waals surface area contributed by atoms with Gasteiger partial charge in [0, 0.05) is 11.9 Å². The van der Waals surface area contributed by atoms with Crippen molar-refractivity contribution < 1.29 is 4.79 Å². The van der Waals surface area contributed by atoms with Gasteiger partial charge in [-0.05, 0) is 18.2 Å². The first kappa shape index (κ1) is 12.3. The van der Waals surface area contributed by atoms with Crippen molar-refractivity contribution in [2.24, 2.45) is 0 Å². The van der Waals surface area contributed by atoms with Crippen molar-refractivity contribution in [3.8, 4) is 0 Å². The molecule has 18 heavy (non-hydrogen) atoms. The lowest BCUT2D eigenvalue weighted by molar-refractivity contribution is -0.115. The Morgan fingerprint density at radius 3 is 2.83 bits per heavy atom. The predicted molar refractivity (Wildman–Crippen MR) is 68.0 cm³/mol. The number of halogens is 1. The maximum Gasteiger partial charge on any atom is 0.232 e. The van der Waals surface area contributed by atoms with Crippen LogP contribution in [0.15, 0.2) is 30.6 Å². The molecule has 0 aliphatic heterocycles. The Balaban J connectivity index is 1.98. The number of carbonyl (C=O) groups excluding carboxylic acids is 1. The van der Waals surface area contributed by atoms with E-state index in [9.17, 15) is 4.79 Å². The van der Waals surface area contributed by atoms with Crippen LogP contribution in [0.1, 0.15) is 5.69 Å². The quantitative estimate of drug-likeness (QED) is 0.814. The number of anilines is 2. The highest BCUT2D eigenvalue weighted by Crippen LogP contribution is 2.07. The summed E-state index contributed by atoms with van der Waals surface area (Å²) >= 11 is 5.68. The molecule has 2 aromatic heterocycles. The van der Waals surface area contributed by atoms with E-state index in [2.05, 4.69) is 20.3 Å². The zero-order chi connectivity index (χ0) is 13.0. The molecule has 0 aliphatic carbocycles. The van der Waals surface area contributed by atoms with Gasteiger partial charge >= 0.3 is 0 Å². The Morgan fingerprint density at radius 1 is 1.33 bits per heavy atom. The van der Waals surface area contributed by atoms with Crippen LogP contribution in [0.5, 0.6) is 0 Å². The van der Waals surface area contributed by atoms with Gasteiger partial charge in [-0.2, -0.15) is 0 Å².